The number of carbonyl (C=O) groups is 2. The average molecular weight is 223 g/mol. The van der Waals surface area contributed by atoms with Crippen LogP contribution < -0.4 is 0 Å². The van der Waals surface area contributed by atoms with Crippen LogP contribution in [0.3, 0.4) is 0 Å². The molecule has 0 atom stereocenters. The lowest BCUT2D eigenvalue weighted by molar-refractivity contribution is -0.147. The summed E-state index contributed by atoms with van der Waals surface area (Å²) < 4.78 is 9.55. The molecular formula is C11H13NO4. The molecule has 0 saturated carbocycles. The van der Waals surface area contributed by atoms with E-state index in [1.54, 1.807) is 23.3 Å². The van der Waals surface area contributed by atoms with Gasteiger partial charge in [0.1, 0.15) is 0 Å². The molecule has 0 aromatic heterocycles. The maximum atomic E-state index is 11.8. The van der Waals surface area contributed by atoms with Gasteiger partial charge in [0.05, 0.1) is 31.8 Å². The van der Waals surface area contributed by atoms with E-state index in [0.29, 0.717) is 25.3 Å². The first-order valence-corrected chi connectivity index (χ1v) is 5.07. The molecule has 5 nitrogen and oxygen atoms in total. The molecule has 86 valence electrons. The van der Waals surface area contributed by atoms with Gasteiger partial charge >= 0.3 is 5.97 Å². The SMILES string of the molecule is COC(=O)C1=CCN(C(=O)C2COC2)C=C1. The van der Waals surface area contributed by atoms with Crippen LogP contribution in [0.2, 0.25) is 0 Å². The van der Waals surface area contributed by atoms with Crippen LogP contribution in [0.1, 0.15) is 0 Å². The van der Waals surface area contributed by atoms with Crippen LogP contribution in [-0.2, 0) is 19.1 Å². The van der Waals surface area contributed by atoms with Gasteiger partial charge in [-0.2, -0.15) is 0 Å². The summed E-state index contributed by atoms with van der Waals surface area (Å²) in [4.78, 5) is 24.5. The number of carbonyl (C=O) groups excluding carboxylic acids is 2. The predicted molar refractivity (Wildman–Crippen MR) is 55.3 cm³/mol. The van der Waals surface area contributed by atoms with Crippen molar-refractivity contribution in [3.8, 4) is 0 Å². The molecule has 1 amide bonds. The van der Waals surface area contributed by atoms with Crippen LogP contribution in [0, 0.1) is 5.92 Å². The summed E-state index contributed by atoms with van der Waals surface area (Å²) >= 11 is 0. The van der Waals surface area contributed by atoms with Gasteiger partial charge < -0.3 is 14.4 Å². The van der Waals surface area contributed by atoms with Gasteiger partial charge in [-0.05, 0) is 6.08 Å². The summed E-state index contributed by atoms with van der Waals surface area (Å²) in [5.41, 5.74) is 0.483. The highest BCUT2D eigenvalue weighted by molar-refractivity contribution is 5.92. The molecule has 0 N–H and O–H groups in total. The zero-order chi connectivity index (χ0) is 11.5. The molecule has 16 heavy (non-hydrogen) atoms. The molecule has 0 aliphatic carbocycles. The van der Waals surface area contributed by atoms with Crippen LogP contribution in [0.4, 0.5) is 0 Å². The lowest BCUT2D eigenvalue weighted by Gasteiger charge is -2.30. The minimum absolute atomic E-state index is 0.0299. The second kappa shape index (κ2) is 4.49. The summed E-state index contributed by atoms with van der Waals surface area (Å²) in [6.45, 7) is 1.41. The van der Waals surface area contributed by atoms with Crippen molar-refractivity contribution in [3.63, 3.8) is 0 Å². The third-order valence-corrected chi connectivity index (χ3v) is 2.63. The Hall–Kier alpha value is -1.62. The molecule has 0 radical (unpaired) electrons. The summed E-state index contributed by atoms with van der Waals surface area (Å²) in [5, 5.41) is 0. The monoisotopic (exact) mass is 223 g/mol. The highest BCUT2D eigenvalue weighted by Gasteiger charge is 2.30. The molecule has 0 unspecified atom stereocenters. The van der Waals surface area contributed by atoms with Crippen molar-refractivity contribution in [2.45, 2.75) is 0 Å². The van der Waals surface area contributed by atoms with E-state index in [2.05, 4.69) is 4.74 Å². The fourth-order valence-electron chi connectivity index (χ4n) is 1.54. The minimum atomic E-state index is -0.379. The second-order valence-corrected chi connectivity index (χ2v) is 3.69. The number of amides is 1. The number of rotatable bonds is 2. The van der Waals surface area contributed by atoms with Gasteiger partial charge in [-0.1, -0.05) is 6.08 Å². The molecule has 5 heteroatoms. The predicted octanol–water partition coefficient (Wildman–Crippen LogP) is 0.0881. The molecule has 1 fully saturated rings. The molecule has 0 aromatic carbocycles. The Bertz CT molecular complexity index is 368. The second-order valence-electron chi connectivity index (χ2n) is 3.69. The number of methoxy groups -OCH3 is 1. The van der Waals surface area contributed by atoms with E-state index >= 15 is 0 Å². The van der Waals surface area contributed by atoms with Gasteiger partial charge in [0.25, 0.3) is 0 Å². The first kappa shape index (κ1) is 10.9. The summed E-state index contributed by atoms with van der Waals surface area (Å²) in [7, 11) is 1.33. The molecule has 2 aliphatic rings. The number of ether oxygens (including phenoxy) is 2. The lowest BCUT2D eigenvalue weighted by Crippen LogP contribution is -2.43. The first-order valence-electron chi connectivity index (χ1n) is 5.07. The van der Waals surface area contributed by atoms with Gasteiger partial charge in [0.2, 0.25) is 5.91 Å². The number of hydrogen-bond acceptors (Lipinski definition) is 4. The molecule has 0 bridgehead atoms. The maximum Gasteiger partial charge on any atom is 0.337 e. The molecule has 2 heterocycles. The Labute approximate surface area is 93.3 Å². The van der Waals surface area contributed by atoms with Crippen LogP contribution in [0.15, 0.2) is 23.9 Å². The smallest absolute Gasteiger partial charge is 0.337 e. The van der Waals surface area contributed by atoms with Gasteiger partial charge in [-0.3, -0.25) is 4.79 Å². The van der Waals surface area contributed by atoms with Crippen molar-refractivity contribution in [2.24, 2.45) is 5.92 Å². The van der Waals surface area contributed by atoms with E-state index in [0.717, 1.165) is 0 Å². The van der Waals surface area contributed by atoms with Crippen LogP contribution >= 0.6 is 0 Å². The van der Waals surface area contributed by atoms with E-state index in [1.807, 2.05) is 0 Å². The summed E-state index contributed by atoms with van der Waals surface area (Å²) in [6, 6.07) is 0. The fraction of sp³-hybridized carbons (Fsp3) is 0.455. The van der Waals surface area contributed by atoms with E-state index in [-0.39, 0.29) is 17.8 Å². The van der Waals surface area contributed by atoms with Gasteiger partial charge in [-0.15, -0.1) is 0 Å². The molecule has 2 rings (SSSR count). The van der Waals surface area contributed by atoms with Crippen molar-refractivity contribution in [3.05, 3.63) is 23.9 Å². The molecule has 0 spiro atoms. The number of hydrogen-bond donors (Lipinski definition) is 0. The highest BCUT2D eigenvalue weighted by Crippen LogP contribution is 2.16. The Morgan fingerprint density at radius 1 is 1.50 bits per heavy atom. The lowest BCUT2D eigenvalue weighted by atomic mass is 10.1. The van der Waals surface area contributed by atoms with Crippen LogP contribution in [0.25, 0.3) is 0 Å². The van der Waals surface area contributed by atoms with E-state index < -0.39 is 0 Å². The van der Waals surface area contributed by atoms with Crippen LogP contribution in [0.5, 0.6) is 0 Å². The van der Waals surface area contributed by atoms with Crippen molar-refractivity contribution < 1.29 is 19.1 Å². The Morgan fingerprint density at radius 2 is 2.25 bits per heavy atom. The third kappa shape index (κ3) is 1.99. The Balaban J connectivity index is 1.94. The maximum absolute atomic E-state index is 11.8. The minimum Gasteiger partial charge on any atom is -0.465 e. The normalized spacial score (nSPS) is 20.1. The van der Waals surface area contributed by atoms with Crippen LogP contribution in [-0.4, -0.2) is 43.6 Å². The zero-order valence-electron chi connectivity index (χ0n) is 9.01. The summed E-state index contributed by atoms with van der Waals surface area (Å²) in [6.07, 6.45) is 4.89. The Morgan fingerprint density at radius 3 is 2.69 bits per heavy atom. The quantitative estimate of drug-likeness (QED) is 0.622. The molecule has 0 aromatic rings. The fourth-order valence-corrected chi connectivity index (χ4v) is 1.54. The van der Waals surface area contributed by atoms with Crippen molar-refractivity contribution in [1.29, 1.82) is 0 Å². The Kier molecular flexibility index (Phi) is 3.05. The first-order chi connectivity index (χ1) is 7.72. The van der Waals surface area contributed by atoms with Gasteiger partial charge in [0.15, 0.2) is 0 Å². The highest BCUT2D eigenvalue weighted by atomic mass is 16.5. The van der Waals surface area contributed by atoms with Gasteiger partial charge in [-0.25, -0.2) is 4.79 Å². The molecule has 2 aliphatic heterocycles. The van der Waals surface area contributed by atoms with E-state index in [9.17, 15) is 9.59 Å². The number of esters is 1. The third-order valence-electron chi connectivity index (χ3n) is 2.63. The largest absolute Gasteiger partial charge is 0.465 e. The average Bonchev–Trinajstić information content (AvgIpc) is 2.26. The van der Waals surface area contributed by atoms with Gasteiger partial charge in [0, 0.05) is 12.7 Å². The summed E-state index contributed by atoms with van der Waals surface area (Å²) in [5.74, 6) is -0.365. The van der Waals surface area contributed by atoms with Crippen molar-refractivity contribution in [2.75, 3.05) is 26.9 Å². The topological polar surface area (TPSA) is 55.8 Å². The van der Waals surface area contributed by atoms with Crippen molar-refractivity contribution in [1.82, 2.24) is 4.90 Å². The molecular weight excluding hydrogens is 210 g/mol. The van der Waals surface area contributed by atoms with Crippen molar-refractivity contribution >= 4 is 11.9 Å². The van der Waals surface area contributed by atoms with E-state index in [1.165, 1.54) is 7.11 Å². The standard InChI is InChI=1S/C11H13NO4/c1-15-11(14)8-2-4-12(5-3-8)10(13)9-6-16-7-9/h2-4,9H,5-7H2,1H3. The molecule has 1 saturated heterocycles. The van der Waals surface area contributed by atoms with E-state index in [4.69, 9.17) is 4.74 Å². The zero-order valence-corrected chi connectivity index (χ0v) is 9.01. The number of nitrogens with zero attached hydrogens (tertiary/aromatic N) is 1.